The van der Waals surface area contributed by atoms with Crippen LogP contribution in [-0.2, 0) is 10.0 Å². The Morgan fingerprint density at radius 2 is 1.62 bits per heavy atom. The van der Waals surface area contributed by atoms with E-state index in [1.807, 2.05) is 11.8 Å². The molecule has 2 aliphatic rings. The number of hydrogen-bond donors (Lipinski definition) is 2. The number of piperazine rings is 1. The van der Waals surface area contributed by atoms with Crippen molar-refractivity contribution in [2.24, 2.45) is 0 Å². The lowest BCUT2D eigenvalue weighted by Crippen LogP contribution is -2.49. The molecule has 0 radical (unpaired) electrons. The summed E-state index contributed by atoms with van der Waals surface area (Å²) >= 11 is 0. The van der Waals surface area contributed by atoms with Crippen molar-refractivity contribution >= 4 is 27.5 Å². The highest BCUT2D eigenvalue weighted by atomic mass is 32.2. The second kappa shape index (κ2) is 7.58. The summed E-state index contributed by atoms with van der Waals surface area (Å²) in [6.45, 7) is 5.25. The topological polar surface area (TPSA) is 98.8 Å². The Hall–Kier alpha value is -2.75. The number of carbonyl (C=O) groups is 2. The fourth-order valence-corrected chi connectivity index (χ4v) is 4.52. The van der Waals surface area contributed by atoms with Crippen LogP contribution in [0.15, 0.2) is 47.4 Å². The molecule has 8 nitrogen and oxygen atoms in total. The lowest BCUT2D eigenvalue weighted by Gasteiger charge is -2.30. The molecule has 2 aliphatic heterocycles. The van der Waals surface area contributed by atoms with Crippen LogP contribution in [0, 0.1) is 6.92 Å². The van der Waals surface area contributed by atoms with Crippen molar-refractivity contribution in [2.45, 2.75) is 11.8 Å². The maximum atomic E-state index is 12.8. The summed E-state index contributed by atoms with van der Waals surface area (Å²) in [5, 5.41) is 3.23. The van der Waals surface area contributed by atoms with E-state index in [0.29, 0.717) is 5.56 Å². The van der Waals surface area contributed by atoms with E-state index in [1.165, 1.54) is 35.2 Å². The monoisotopic (exact) mass is 414 g/mol. The number of carbonyl (C=O) groups excluding carboxylic acids is 2. The van der Waals surface area contributed by atoms with Crippen LogP contribution in [-0.4, -0.2) is 62.9 Å². The molecule has 0 atom stereocenters. The van der Waals surface area contributed by atoms with Gasteiger partial charge >= 0.3 is 0 Å². The average molecular weight is 414 g/mol. The van der Waals surface area contributed by atoms with Crippen molar-refractivity contribution in [2.75, 3.05) is 37.6 Å². The molecular weight excluding hydrogens is 392 g/mol. The minimum absolute atomic E-state index is 0.131. The predicted octanol–water partition coefficient (Wildman–Crippen LogP) is 1.25. The van der Waals surface area contributed by atoms with Crippen LogP contribution in [0.4, 0.5) is 5.69 Å². The number of imide groups is 1. The van der Waals surface area contributed by atoms with Crippen LogP contribution in [0.25, 0.3) is 0 Å². The number of benzene rings is 2. The molecular formula is C20H22N4O4S. The van der Waals surface area contributed by atoms with Crippen LogP contribution >= 0.6 is 0 Å². The molecule has 0 saturated carbocycles. The van der Waals surface area contributed by atoms with E-state index < -0.39 is 15.9 Å². The molecule has 4 rings (SSSR count). The molecule has 2 N–H and O–H groups in total. The molecule has 0 spiro atoms. The largest absolute Gasteiger partial charge is 0.314 e. The van der Waals surface area contributed by atoms with Gasteiger partial charge in [-0.15, -0.1) is 0 Å². The zero-order valence-corrected chi connectivity index (χ0v) is 16.8. The maximum absolute atomic E-state index is 12.8. The smallest absolute Gasteiger partial charge is 0.262 e. The number of anilines is 1. The Morgan fingerprint density at radius 3 is 2.31 bits per heavy atom. The molecule has 0 bridgehead atoms. The number of amides is 2. The van der Waals surface area contributed by atoms with Gasteiger partial charge in [0.25, 0.3) is 21.8 Å². The summed E-state index contributed by atoms with van der Waals surface area (Å²) in [5.41, 5.74) is 1.71. The number of aryl methyl sites for hydroxylation is 1. The first kappa shape index (κ1) is 19.6. The van der Waals surface area contributed by atoms with E-state index in [4.69, 9.17) is 0 Å². The number of sulfonamides is 1. The van der Waals surface area contributed by atoms with Crippen molar-refractivity contribution in [1.82, 2.24) is 15.1 Å². The van der Waals surface area contributed by atoms with Crippen molar-refractivity contribution in [1.29, 1.82) is 0 Å². The van der Waals surface area contributed by atoms with Gasteiger partial charge in [0.15, 0.2) is 0 Å². The lowest BCUT2D eigenvalue weighted by molar-refractivity contribution is 0.0527. The zero-order valence-electron chi connectivity index (χ0n) is 16.0. The minimum atomic E-state index is -3.79. The third kappa shape index (κ3) is 3.89. The molecule has 152 valence electrons. The average Bonchev–Trinajstić information content (AvgIpc) is 2.93. The van der Waals surface area contributed by atoms with E-state index in [9.17, 15) is 18.0 Å². The lowest BCUT2D eigenvalue weighted by atomic mass is 10.1. The molecule has 2 amide bonds. The summed E-state index contributed by atoms with van der Waals surface area (Å²) in [7, 11) is -3.79. The summed E-state index contributed by atoms with van der Waals surface area (Å²) in [6.07, 6.45) is 0. The van der Waals surface area contributed by atoms with Gasteiger partial charge < -0.3 is 5.32 Å². The predicted molar refractivity (Wildman–Crippen MR) is 108 cm³/mol. The Bertz CT molecular complexity index is 1060. The van der Waals surface area contributed by atoms with E-state index in [1.54, 1.807) is 12.1 Å². The van der Waals surface area contributed by atoms with Gasteiger partial charge in [0, 0.05) is 31.9 Å². The number of nitrogens with zero attached hydrogens (tertiary/aromatic N) is 2. The highest BCUT2D eigenvalue weighted by molar-refractivity contribution is 7.92. The summed E-state index contributed by atoms with van der Waals surface area (Å²) in [4.78, 5) is 28.8. The van der Waals surface area contributed by atoms with Crippen molar-refractivity contribution in [3.8, 4) is 0 Å². The molecule has 0 aliphatic carbocycles. The van der Waals surface area contributed by atoms with Crippen LogP contribution in [0.1, 0.15) is 26.3 Å². The Labute approximate surface area is 169 Å². The molecule has 1 saturated heterocycles. The van der Waals surface area contributed by atoms with Gasteiger partial charge in [-0.1, -0.05) is 17.7 Å². The van der Waals surface area contributed by atoms with Gasteiger partial charge in [-0.3, -0.25) is 24.1 Å². The van der Waals surface area contributed by atoms with Crippen molar-refractivity contribution in [3.05, 3.63) is 59.2 Å². The molecule has 0 unspecified atom stereocenters. The number of fused-ring (bicyclic) bond motifs is 1. The van der Waals surface area contributed by atoms with E-state index in [0.717, 1.165) is 31.7 Å². The highest BCUT2D eigenvalue weighted by Crippen LogP contribution is 2.27. The number of nitrogens with one attached hydrogen (secondary N) is 2. The standard InChI is InChI=1S/C20H22N4O4S/c1-14-2-5-16(6-3-14)29(27,28)22-15-4-7-17-18(12-15)20(26)24(19(17)25)13-23-10-8-21-9-11-23/h2-7,12,21-22H,8-11,13H2,1H3. The second-order valence-electron chi connectivity index (χ2n) is 7.23. The first-order chi connectivity index (χ1) is 13.8. The van der Waals surface area contributed by atoms with E-state index in [-0.39, 0.29) is 28.7 Å². The maximum Gasteiger partial charge on any atom is 0.262 e. The van der Waals surface area contributed by atoms with E-state index >= 15 is 0 Å². The molecule has 9 heteroatoms. The van der Waals surface area contributed by atoms with E-state index in [2.05, 4.69) is 10.0 Å². The molecule has 0 aromatic heterocycles. The molecule has 2 aromatic carbocycles. The van der Waals surface area contributed by atoms with Crippen LogP contribution in [0.5, 0.6) is 0 Å². The number of hydrogen-bond acceptors (Lipinski definition) is 6. The fraction of sp³-hybridized carbons (Fsp3) is 0.300. The molecule has 29 heavy (non-hydrogen) atoms. The van der Waals surface area contributed by atoms with Gasteiger partial charge in [-0.05, 0) is 37.3 Å². The van der Waals surface area contributed by atoms with Crippen LogP contribution < -0.4 is 10.0 Å². The first-order valence-corrected chi connectivity index (χ1v) is 10.9. The molecule has 2 heterocycles. The Morgan fingerprint density at radius 1 is 0.966 bits per heavy atom. The van der Waals surface area contributed by atoms with Crippen molar-refractivity contribution < 1.29 is 18.0 Å². The van der Waals surface area contributed by atoms with Crippen molar-refractivity contribution in [3.63, 3.8) is 0 Å². The Kier molecular flexibility index (Phi) is 5.12. The minimum Gasteiger partial charge on any atom is -0.314 e. The third-order valence-electron chi connectivity index (χ3n) is 5.11. The van der Waals surface area contributed by atoms with Crippen LogP contribution in [0.2, 0.25) is 0 Å². The van der Waals surface area contributed by atoms with Gasteiger partial charge in [-0.25, -0.2) is 8.42 Å². The summed E-state index contributed by atoms with van der Waals surface area (Å²) < 4.78 is 27.7. The van der Waals surface area contributed by atoms with Gasteiger partial charge in [-0.2, -0.15) is 0 Å². The molecule has 1 fully saturated rings. The first-order valence-electron chi connectivity index (χ1n) is 9.38. The number of rotatable bonds is 5. The second-order valence-corrected chi connectivity index (χ2v) is 8.91. The Balaban J connectivity index is 1.54. The summed E-state index contributed by atoms with van der Waals surface area (Å²) in [5.74, 6) is -0.753. The van der Waals surface area contributed by atoms with Gasteiger partial charge in [0.05, 0.1) is 22.7 Å². The summed E-state index contributed by atoms with van der Waals surface area (Å²) in [6, 6.07) is 10.9. The van der Waals surface area contributed by atoms with Gasteiger partial charge in [0.1, 0.15) is 0 Å². The zero-order chi connectivity index (χ0) is 20.6. The van der Waals surface area contributed by atoms with Crippen LogP contribution in [0.3, 0.4) is 0 Å². The quantitative estimate of drug-likeness (QED) is 0.715. The van der Waals surface area contributed by atoms with Gasteiger partial charge in [0.2, 0.25) is 0 Å². The SMILES string of the molecule is Cc1ccc(S(=O)(=O)Nc2ccc3c(c2)C(=O)N(CN2CCNCC2)C3=O)cc1. The third-order valence-corrected chi connectivity index (χ3v) is 6.50. The molecule has 2 aromatic rings. The highest BCUT2D eigenvalue weighted by Gasteiger charge is 2.37. The normalized spacial score (nSPS) is 17.5. The fourth-order valence-electron chi connectivity index (χ4n) is 3.47.